The van der Waals surface area contributed by atoms with Crippen molar-refractivity contribution in [3.8, 4) is 0 Å². The first-order valence-corrected chi connectivity index (χ1v) is 12.7. The molecule has 2 aliphatic rings. The second-order valence-corrected chi connectivity index (χ2v) is 10.3. The zero-order valence-corrected chi connectivity index (χ0v) is 21.4. The number of halogens is 1. The quantitative estimate of drug-likeness (QED) is 0.388. The van der Waals surface area contributed by atoms with Crippen LogP contribution in [0.1, 0.15) is 11.1 Å². The summed E-state index contributed by atoms with van der Waals surface area (Å²) in [4.78, 5) is 47.9. The Labute approximate surface area is 220 Å². The smallest absolute Gasteiger partial charge is 0.323 e. The van der Waals surface area contributed by atoms with Crippen LogP contribution in [0.2, 0.25) is 0 Å². The molecule has 2 saturated heterocycles. The standard InChI is InChI=1S/C25H22FN5O4S2/c1-15-3-2-8-30-21(15)27-22(29-11-9-28(10-12-29)17-6-4-16(26)5-7-17)18(23(30)34)13-19-24(35)31(14-20(32)33)25(36)37-19/h2-8,13H,9-12,14H2,1H3,(H,32,33)/b19-13+. The molecule has 1 N–H and O–H groups in total. The molecule has 37 heavy (non-hydrogen) atoms. The van der Waals surface area contributed by atoms with Gasteiger partial charge in [-0.25, -0.2) is 9.37 Å². The Morgan fingerprint density at radius 2 is 1.81 bits per heavy atom. The summed E-state index contributed by atoms with van der Waals surface area (Å²) in [5.74, 6) is -1.59. The summed E-state index contributed by atoms with van der Waals surface area (Å²) in [6.45, 7) is 3.67. The predicted molar refractivity (Wildman–Crippen MR) is 145 cm³/mol. The van der Waals surface area contributed by atoms with Crippen LogP contribution in [0.25, 0.3) is 11.7 Å². The minimum atomic E-state index is -1.18. The number of hydrogen-bond acceptors (Lipinski definition) is 8. The van der Waals surface area contributed by atoms with E-state index in [1.54, 1.807) is 24.4 Å². The van der Waals surface area contributed by atoms with Gasteiger partial charge >= 0.3 is 5.97 Å². The minimum absolute atomic E-state index is 0.123. The first-order chi connectivity index (χ1) is 17.7. The van der Waals surface area contributed by atoms with Gasteiger partial charge in [-0.15, -0.1) is 0 Å². The normalized spacial score (nSPS) is 17.4. The Hall–Kier alpha value is -3.77. The lowest BCUT2D eigenvalue weighted by atomic mass is 10.2. The summed E-state index contributed by atoms with van der Waals surface area (Å²) in [5.41, 5.74) is 2.14. The third-order valence-electron chi connectivity index (χ3n) is 6.28. The van der Waals surface area contributed by atoms with Gasteiger partial charge in [0.1, 0.15) is 28.1 Å². The number of amides is 1. The molecule has 0 radical (unpaired) electrons. The molecule has 1 amide bonds. The zero-order chi connectivity index (χ0) is 26.3. The van der Waals surface area contributed by atoms with Crippen molar-refractivity contribution in [3.63, 3.8) is 0 Å². The molecule has 12 heteroatoms. The van der Waals surface area contributed by atoms with E-state index in [4.69, 9.17) is 22.3 Å². The summed E-state index contributed by atoms with van der Waals surface area (Å²) in [6.07, 6.45) is 3.09. The number of carbonyl (C=O) groups is 2. The van der Waals surface area contributed by atoms with E-state index >= 15 is 0 Å². The predicted octanol–water partition coefficient (Wildman–Crippen LogP) is 2.75. The highest BCUT2D eigenvalue weighted by Gasteiger charge is 2.34. The van der Waals surface area contributed by atoms with E-state index in [1.165, 1.54) is 22.6 Å². The minimum Gasteiger partial charge on any atom is -0.480 e. The molecule has 0 unspecified atom stereocenters. The van der Waals surface area contributed by atoms with E-state index in [2.05, 4.69) is 4.90 Å². The number of pyridine rings is 1. The molecule has 5 rings (SSSR count). The molecule has 1 aromatic carbocycles. The summed E-state index contributed by atoms with van der Waals surface area (Å²) in [6, 6.07) is 9.94. The van der Waals surface area contributed by atoms with Crippen LogP contribution in [-0.4, -0.2) is 68.3 Å². The van der Waals surface area contributed by atoms with E-state index in [-0.39, 0.29) is 26.2 Å². The van der Waals surface area contributed by atoms with Gasteiger partial charge in [-0.1, -0.05) is 30.0 Å². The maximum Gasteiger partial charge on any atom is 0.323 e. The number of thioether (sulfide) groups is 1. The van der Waals surface area contributed by atoms with Crippen molar-refractivity contribution >= 4 is 63.4 Å². The monoisotopic (exact) mass is 539 g/mol. The van der Waals surface area contributed by atoms with Crippen LogP contribution >= 0.6 is 24.0 Å². The molecule has 2 aromatic heterocycles. The largest absolute Gasteiger partial charge is 0.480 e. The van der Waals surface area contributed by atoms with Crippen LogP contribution in [0.15, 0.2) is 52.3 Å². The molecule has 190 valence electrons. The lowest BCUT2D eigenvalue weighted by molar-refractivity contribution is -0.140. The number of piperazine rings is 1. The number of hydrogen-bond donors (Lipinski definition) is 1. The molecule has 9 nitrogen and oxygen atoms in total. The van der Waals surface area contributed by atoms with Crippen LogP contribution in [0.4, 0.5) is 15.9 Å². The van der Waals surface area contributed by atoms with Gasteiger partial charge in [0.05, 0.1) is 10.5 Å². The van der Waals surface area contributed by atoms with Gasteiger partial charge in [0.25, 0.3) is 11.5 Å². The average molecular weight is 540 g/mol. The highest BCUT2D eigenvalue weighted by molar-refractivity contribution is 8.26. The van der Waals surface area contributed by atoms with Crippen molar-refractivity contribution in [2.75, 3.05) is 42.5 Å². The lowest BCUT2D eigenvalue weighted by Crippen LogP contribution is -2.47. The van der Waals surface area contributed by atoms with Crippen LogP contribution in [0.5, 0.6) is 0 Å². The third kappa shape index (κ3) is 4.81. The van der Waals surface area contributed by atoms with Crippen molar-refractivity contribution in [2.45, 2.75) is 6.92 Å². The van der Waals surface area contributed by atoms with Crippen LogP contribution in [0, 0.1) is 12.7 Å². The average Bonchev–Trinajstić information content (AvgIpc) is 3.13. The number of aromatic nitrogens is 2. The van der Waals surface area contributed by atoms with Gasteiger partial charge < -0.3 is 14.9 Å². The number of benzene rings is 1. The molecule has 0 saturated carbocycles. The number of carboxylic acids is 1. The van der Waals surface area contributed by atoms with E-state index in [0.717, 1.165) is 27.9 Å². The molecule has 0 spiro atoms. The van der Waals surface area contributed by atoms with Gasteiger partial charge in [-0.3, -0.25) is 23.7 Å². The zero-order valence-electron chi connectivity index (χ0n) is 19.8. The van der Waals surface area contributed by atoms with Crippen molar-refractivity contribution in [1.29, 1.82) is 0 Å². The Bertz CT molecular complexity index is 1510. The van der Waals surface area contributed by atoms with Crippen LogP contribution < -0.4 is 15.4 Å². The number of carbonyl (C=O) groups excluding carboxylic acids is 1. The molecule has 3 aromatic rings. The number of aryl methyl sites for hydroxylation is 1. The lowest BCUT2D eigenvalue weighted by Gasteiger charge is -2.37. The fourth-order valence-electron chi connectivity index (χ4n) is 4.40. The highest BCUT2D eigenvalue weighted by atomic mass is 32.2. The molecular weight excluding hydrogens is 517 g/mol. The molecule has 4 heterocycles. The summed E-state index contributed by atoms with van der Waals surface area (Å²) in [7, 11) is 0. The number of aliphatic carboxylic acids is 1. The van der Waals surface area contributed by atoms with Gasteiger partial charge in [-0.2, -0.15) is 0 Å². The number of thiocarbonyl (C=S) groups is 1. The SMILES string of the molecule is Cc1cccn2c(=O)c(/C=C3/SC(=S)N(CC(=O)O)C3=O)c(N3CCN(c4ccc(F)cc4)CC3)nc12. The van der Waals surface area contributed by atoms with E-state index in [9.17, 15) is 18.8 Å². The number of anilines is 2. The van der Waals surface area contributed by atoms with E-state index in [1.807, 2.05) is 17.9 Å². The van der Waals surface area contributed by atoms with E-state index < -0.39 is 18.4 Å². The molecule has 0 bridgehead atoms. The van der Waals surface area contributed by atoms with Gasteiger partial charge in [0.15, 0.2) is 0 Å². The molecule has 2 aliphatic heterocycles. The fourth-order valence-corrected chi connectivity index (χ4v) is 5.64. The Morgan fingerprint density at radius 1 is 1.14 bits per heavy atom. The van der Waals surface area contributed by atoms with Crippen molar-refractivity contribution in [2.24, 2.45) is 0 Å². The summed E-state index contributed by atoms with van der Waals surface area (Å²) < 4.78 is 14.9. The molecule has 0 atom stereocenters. The molecular formula is C25H22FN5O4S2. The molecule has 2 fully saturated rings. The van der Waals surface area contributed by atoms with Gasteiger partial charge in [0, 0.05) is 38.1 Å². The van der Waals surface area contributed by atoms with Crippen LogP contribution in [0.3, 0.4) is 0 Å². The van der Waals surface area contributed by atoms with Gasteiger partial charge in [0.2, 0.25) is 0 Å². The number of nitrogens with zero attached hydrogens (tertiary/aromatic N) is 5. The summed E-state index contributed by atoms with van der Waals surface area (Å²) in [5, 5.41) is 9.13. The Kier molecular flexibility index (Phi) is 6.69. The third-order valence-corrected chi connectivity index (χ3v) is 7.66. The first-order valence-electron chi connectivity index (χ1n) is 11.5. The summed E-state index contributed by atoms with van der Waals surface area (Å²) >= 11 is 6.17. The highest BCUT2D eigenvalue weighted by Crippen LogP contribution is 2.33. The van der Waals surface area contributed by atoms with Crippen molar-refractivity contribution < 1.29 is 19.1 Å². The Morgan fingerprint density at radius 3 is 2.49 bits per heavy atom. The molecule has 0 aliphatic carbocycles. The van der Waals surface area contributed by atoms with E-state index in [0.29, 0.717) is 37.6 Å². The second kappa shape index (κ2) is 9.94. The van der Waals surface area contributed by atoms with Crippen LogP contribution in [-0.2, 0) is 9.59 Å². The number of fused-ring (bicyclic) bond motifs is 1. The Balaban J connectivity index is 1.53. The first kappa shape index (κ1) is 24.9. The maximum atomic E-state index is 13.6. The maximum absolute atomic E-state index is 13.6. The van der Waals surface area contributed by atoms with Gasteiger partial charge in [-0.05, 0) is 48.9 Å². The van der Waals surface area contributed by atoms with Crippen molar-refractivity contribution in [1.82, 2.24) is 14.3 Å². The van der Waals surface area contributed by atoms with Crippen molar-refractivity contribution in [3.05, 3.63) is 74.8 Å². The second-order valence-electron chi connectivity index (χ2n) is 8.65. The fraction of sp³-hybridized carbons (Fsp3) is 0.240. The number of carboxylic acid groups (broad SMARTS) is 1. The topological polar surface area (TPSA) is 98.5 Å². The number of rotatable bonds is 5.